The van der Waals surface area contributed by atoms with Crippen LogP contribution in [0.4, 0.5) is 11.4 Å². The first kappa shape index (κ1) is 32.6. The van der Waals surface area contributed by atoms with Gasteiger partial charge in [-0.3, -0.25) is 0 Å². The van der Waals surface area contributed by atoms with Gasteiger partial charge in [-0.25, -0.2) is 15.0 Å². The Morgan fingerprint density at radius 2 is 1.31 bits per heavy atom. The Balaban J connectivity index is 1.16. The molecule has 2 saturated carbocycles. The minimum absolute atomic E-state index is 0.0379. The summed E-state index contributed by atoms with van der Waals surface area (Å²) in [7, 11) is 0. The first-order valence-corrected chi connectivity index (χ1v) is 20.2. The number of para-hydroxylation sites is 3. The van der Waals surface area contributed by atoms with Crippen LogP contribution in [-0.2, 0) is 5.41 Å². The van der Waals surface area contributed by atoms with Gasteiger partial charge in [0.2, 0.25) is 0 Å². The summed E-state index contributed by atoms with van der Waals surface area (Å²) in [5.41, 5.74) is 9.37. The van der Waals surface area contributed by atoms with Gasteiger partial charge in [-0.2, -0.15) is 0 Å². The van der Waals surface area contributed by atoms with Gasteiger partial charge in [0, 0.05) is 38.9 Å². The van der Waals surface area contributed by atoms with Crippen molar-refractivity contribution in [1.29, 1.82) is 0 Å². The van der Waals surface area contributed by atoms with Gasteiger partial charge in [0.05, 0.1) is 28.5 Å². The fourth-order valence-electron chi connectivity index (χ4n) is 11.3. The normalized spacial score (nSPS) is 25.3. The fourth-order valence-corrected chi connectivity index (χ4v) is 11.3. The van der Waals surface area contributed by atoms with Crippen LogP contribution in [-0.4, -0.2) is 25.6 Å². The standard InChI is InChI=1S/C50H45N5/c1-32-27-34-28-33(2)30-50(29-32,31-34)49-52-47(35-15-5-3-6-16-35)51-48(53-49)40-21-11-14-24-43(40)55-41-22-12-9-19-37(41)38-25-26-44-45(46(38)55)39-20-10-13-23-42(39)54(44)36-17-7-4-8-18-36/h3-26,32-34,37,41H,27-31H2,1-2H3/t32-,33?,34-,37?,41?,50?/m1/s1. The molecular weight excluding hydrogens is 671 g/mol. The number of hydrogen-bond acceptors (Lipinski definition) is 4. The zero-order valence-electron chi connectivity index (χ0n) is 31.5. The minimum atomic E-state index is -0.0379. The Labute approximate surface area is 323 Å². The zero-order valence-corrected chi connectivity index (χ0v) is 31.5. The van der Waals surface area contributed by atoms with E-state index < -0.39 is 0 Å². The Morgan fingerprint density at radius 3 is 2.13 bits per heavy atom. The van der Waals surface area contributed by atoms with Gasteiger partial charge in [-0.1, -0.05) is 123 Å². The van der Waals surface area contributed by atoms with Crippen molar-refractivity contribution in [2.45, 2.75) is 63.3 Å². The van der Waals surface area contributed by atoms with E-state index in [1.54, 1.807) is 0 Å². The molecule has 2 aromatic heterocycles. The Bertz CT molecular complexity index is 2640. The number of benzene rings is 5. The van der Waals surface area contributed by atoms with Crippen molar-refractivity contribution < 1.29 is 0 Å². The number of rotatable bonds is 5. The molecule has 3 heterocycles. The summed E-state index contributed by atoms with van der Waals surface area (Å²) in [6, 6.07) is 43.9. The molecule has 0 spiro atoms. The molecule has 2 bridgehead atoms. The monoisotopic (exact) mass is 715 g/mol. The topological polar surface area (TPSA) is 46.8 Å². The molecule has 5 nitrogen and oxygen atoms in total. The third-order valence-corrected chi connectivity index (χ3v) is 13.0. The number of nitrogens with zero attached hydrogens (tertiary/aromatic N) is 5. The molecular formula is C50H45N5. The highest BCUT2D eigenvalue weighted by Crippen LogP contribution is 2.56. The Morgan fingerprint density at radius 1 is 0.618 bits per heavy atom. The van der Waals surface area contributed by atoms with Crippen LogP contribution < -0.4 is 4.90 Å². The smallest absolute Gasteiger partial charge is 0.165 e. The lowest BCUT2D eigenvalue weighted by atomic mass is 9.56. The molecule has 0 saturated heterocycles. The number of hydrogen-bond donors (Lipinski definition) is 0. The Hall–Kier alpha value is -5.81. The highest BCUT2D eigenvalue weighted by atomic mass is 15.2. The third-order valence-electron chi connectivity index (χ3n) is 13.0. The van der Waals surface area contributed by atoms with Crippen LogP contribution in [0.2, 0.25) is 0 Å². The fraction of sp³-hybridized carbons (Fsp3) is 0.260. The van der Waals surface area contributed by atoms with Gasteiger partial charge >= 0.3 is 0 Å². The van der Waals surface area contributed by atoms with Gasteiger partial charge < -0.3 is 9.47 Å². The summed E-state index contributed by atoms with van der Waals surface area (Å²) < 4.78 is 2.43. The summed E-state index contributed by atoms with van der Waals surface area (Å²) in [6.07, 6.45) is 15.3. The summed E-state index contributed by atoms with van der Waals surface area (Å²) in [5.74, 6) is 4.78. The van der Waals surface area contributed by atoms with Gasteiger partial charge in [0.25, 0.3) is 0 Å². The average molecular weight is 716 g/mol. The van der Waals surface area contributed by atoms with Crippen LogP contribution in [0.1, 0.15) is 63.3 Å². The van der Waals surface area contributed by atoms with Crippen molar-refractivity contribution in [3.63, 3.8) is 0 Å². The second-order valence-corrected chi connectivity index (χ2v) is 16.9. The molecule has 1 aliphatic heterocycles. The maximum Gasteiger partial charge on any atom is 0.165 e. The molecule has 2 fully saturated rings. The molecule has 4 aliphatic rings. The van der Waals surface area contributed by atoms with Crippen LogP contribution >= 0.6 is 0 Å². The number of fused-ring (bicyclic) bond motifs is 9. The summed E-state index contributed by atoms with van der Waals surface area (Å²) >= 11 is 0. The largest absolute Gasteiger partial charge is 0.332 e. The van der Waals surface area contributed by atoms with Crippen molar-refractivity contribution in [1.82, 2.24) is 19.5 Å². The first-order valence-electron chi connectivity index (χ1n) is 20.2. The summed E-state index contributed by atoms with van der Waals surface area (Å²) in [4.78, 5) is 19.0. The minimum Gasteiger partial charge on any atom is -0.332 e. The second-order valence-electron chi connectivity index (χ2n) is 16.9. The molecule has 3 aliphatic carbocycles. The lowest BCUT2D eigenvalue weighted by molar-refractivity contribution is 0.0720. The van der Waals surface area contributed by atoms with E-state index in [2.05, 4.69) is 169 Å². The Kier molecular flexibility index (Phi) is 7.49. The highest BCUT2D eigenvalue weighted by molar-refractivity contribution is 6.17. The molecule has 5 heteroatoms. The third kappa shape index (κ3) is 5.16. The first-order chi connectivity index (χ1) is 27.0. The lowest BCUT2D eigenvalue weighted by Crippen LogP contribution is -2.43. The van der Waals surface area contributed by atoms with Gasteiger partial charge in [0.1, 0.15) is 5.82 Å². The molecule has 7 aromatic rings. The second kappa shape index (κ2) is 12.6. The quantitative estimate of drug-likeness (QED) is 0.178. The maximum absolute atomic E-state index is 5.60. The molecule has 55 heavy (non-hydrogen) atoms. The van der Waals surface area contributed by atoms with Gasteiger partial charge in [-0.15, -0.1) is 0 Å². The number of allylic oxidation sites excluding steroid dienone is 2. The number of aromatic nitrogens is 4. The van der Waals surface area contributed by atoms with Crippen molar-refractivity contribution >= 4 is 33.2 Å². The molecule has 4 unspecified atom stereocenters. The maximum atomic E-state index is 5.60. The number of anilines is 2. The van der Waals surface area contributed by atoms with Gasteiger partial charge in [-0.05, 0) is 91.8 Å². The van der Waals surface area contributed by atoms with E-state index in [-0.39, 0.29) is 17.4 Å². The van der Waals surface area contributed by atoms with Crippen LogP contribution in [0.5, 0.6) is 0 Å². The predicted octanol–water partition coefficient (Wildman–Crippen LogP) is 12.1. The van der Waals surface area contributed by atoms with E-state index in [4.69, 9.17) is 15.0 Å². The molecule has 0 radical (unpaired) electrons. The highest BCUT2D eigenvalue weighted by Gasteiger charge is 2.48. The predicted molar refractivity (Wildman–Crippen MR) is 225 cm³/mol. The zero-order chi connectivity index (χ0) is 36.7. The van der Waals surface area contributed by atoms with Crippen LogP contribution in [0.15, 0.2) is 146 Å². The van der Waals surface area contributed by atoms with Crippen LogP contribution in [0.3, 0.4) is 0 Å². The van der Waals surface area contributed by atoms with Gasteiger partial charge in [0.15, 0.2) is 11.6 Å². The van der Waals surface area contributed by atoms with E-state index >= 15 is 0 Å². The van der Waals surface area contributed by atoms with Crippen molar-refractivity contribution in [2.24, 2.45) is 17.8 Å². The molecule has 0 amide bonds. The average Bonchev–Trinajstić information content (AvgIpc) is 3.74. The van der Waals surface area contributed by atoms with Crippen LogP contribution in [0, 0.1) is 17.8 Å². The summed E-state index contributed by atoms with van der Waals surface area (Å²) in [6.45, 7) is 4.88. The molecule has 6 atom stereocenters. The van der Waals surface area contributed by atoms with Crippen molar-refractivity contribution in [3.8, 4) is 28.5 Å². The van der Waals surface area contributed by atoms with E-state index in [1.807, 2.05) is 0 Å². The van der Waals surface area contributed by atoms with E-state index in [9.17, 15) is 0 Å². The molecule has 0 N–H and O–H groups in total. The van der Waals surface area contributed by atoms with E-state index in [1.165, 1.54) is 52.3 Å². The van der Waals surface area contributed by atoms with Crippen LogP contribution in [0.25, 0.3) is 50.3 Å². The van der Waals surface area contributed by atoms with Crippen molar-refractivity contribution in [3.05, 3.63) is 157 Å². The van der Waals surface area contributed by atoms with E-state index in [0.29, 0.717) is 11.8 Å². The molecule has 270 valence electrons. The van der Waals surface area contributed by atoms with Crippen molar-refractivity contribution in [2.75, 3.05) is 4.90 Å². The lowest BCUT2D eigenvalue weighted by Gasteiger charge is -2.49. The molecule has 11 rings (SSSR count). The van der Waals surface area contributed by atoms with E-state index in [0.717, 1.165) is 58.7 Å². The SMILES string of the molecule is CC1C[C@H]2C[C@@H](C)CC(c3nc(-c4ccccc4)nc(-c4ccccc4N4c5c(ccc6c5c5ccccc5n6-c5ccccc5)C5C=CC=CC54)n3)(C1)C2. The summed E-state index contributed by atoms with van der Waals surface area (Å²) in [5, 5.41) is 2.54. The molecule has 5 aromatic carbocycles.